The maximum Gasteiger partial charge on any atom is 0.495 e. The molecule has 2 aliphatic heterocycles. The highest BCUT2D eigenvalue weighted by atomic mass is 16.7. The molecular formula is C38H50BN3O4. The minimum atomic E-state index is -0.529. The third-order valence-electron chi connectivity index (χ3n) is 11.3. The number of hydrogen-bond acceptors (Lipinski definition) is 5. The highest BCUT2D eigenvalue weighted by molar-refractivity contribution is 6.62. The van der Waals surface area contributed by atoms with Crippen LogP contribution in [0.15, 0.2) is 42.6 Å². The molecule has 3 fully saturated rings. The Morgan fingerprint density at radius 2 is 1.61 bits per heavy atom. The van der Waals surface area contributed by atoms with Gasteiger partial charge in [0.25, 0.3) is 0 Å². The van der Waals surface area contributed by atoms with Gasteiger partial charge in [0.2, 0.25) is 0 Å². The molecule has 2 aliphatic carbocycles. The van der Waals surface area contributed by atoms with Crippen LogP contribution in [-0.2, 0) is 25.9 Å². The summed E-state index contributed by atoms with van der Waals surface area (Å²) in [7, 11) is -0.336. The average Bonchev–Trinajstić information content (AvgIpc) is 3.80. The third kappa shape index (κ3) is 5.49. The van der Waals surface area contributed by atoms with Crippen LogP contribution in [0.2, 0.25) is 0 Å². The van der Waals surface area contributed by atoms with E-state index in [0.717, 1.165) is 42.8 Å². The summed E-state index contributed by atoms with van der Waals surface area (Å²) in [6.45, 7) is 15.0. The number of likely N-dealkylation sites (tertiary alicyclic amines) is 1. The summed E-state index contributed by atoms with van der Waals surface area (Å²) in [6, 6.07) is 13.4. The van der Waals surface area contributed by atoms with Crippen molar-refractivity contribution >= 4 is 18.7 Å². The molecule has 1 aromatic heterocycles. The number of H-pyrrole nitrogens is 1. The molecule has 0 unspecified atom stereocenters. The number of carbonyl (C=O) groups is 1. The van der Waals surface area contributed by atoms with Crippen LogP contribution in [0.25, 0.3) is 22.4 Å². The molecule has 1 N–H and O–H groups in total. The van der Waals surface area contributed by atoms with Crippen LogP contribution in [0.5, 0.6) is 0 Å². The Morgan fingerprint density at radius 3 is 2.28 bits per heavy atom. The summed E-state index contributed by atoms with van der Waals surface area (Å²) >= 11 is 0. The molecule has 3 heterocycles. The van der Waals surface area contributed by atoms with Crippen LogP contribution in [0.3, 0.4) is 0 Å². The summed E-state index contributed by atoms with van der Waals surface area (Å²) in [4.78, 5) is 23.2. The Balaban J connectivity index is 1.18. The number of rotatable bonds is 4. The number of carbonyl (C=O) groups excluding carboxylic acids is 1. The van der Waals surface area contributed by atoms with Gasteiger partial charge in [-0.1, -0.05) is 49.2 Å². The van der Waals surface area contributed by atoms with Gasteiger partial charge in [0, 0.05) is 6.54 Å². The zero-order valence-corrected chi connectivity index (χ0v) is 28.8. The number of aromatic nitrogens is 2. The second kappa shape index (κ2) is 11.3. The lowest BCUT2D eigenvalue weighted by Gasteiger charge is -2.35. The van der Waals surface area contributed by atoms with Crippen molar-refractivity contribution in [2.75, 3.05) is 6.54 Å². The maximum atomic E-state index is 13.0. The van der Waals surface area contributed by atoms with Crippen molar-refractivity contribution < 1.29 is 18.8 Å². The Labute approximate surface area is 274 Å². The number of ether oxygens (including phenoxy) is 1. The number of amides is 1. The molecule has 8 heteroatoms. The lowest BCUT2D eigenvalue weighted by molar-refractivity contribution is 0.00578. The molecule has 7 rings (SSSR count). The third-order valence-corrected chi connectivity index (χ3v) is 11.3. The molecular weight excluding hydrogens is 573 g/mol. The number of hydrogen-bond donors (Lipinski definition) is 1. The van der Waals surface area contributed by atoms with E-state index in [1.165, 1.54) is 59.8 Å². The SMILES string of the molecule is CC(C)(C)OC(=O)N1CCCC[C@H]1c1ncc(-c2ccc(-c3ccc(B4OC(C)(C)C(C)(C)O4)c4c3C3(CCCC3)CC4)cc2)[nH]1. The average molecular weight is 624 g/mol. The van der Waals surface area contributed by atoms with Crippen LogP contribution in [-0.4, -0.2) is 51.4 Å². The van der Waals surface area contributed by atoms with E-state index >= 15 is 0 Å². The second-order valence-corrected chi connectivity index (χ2v) is 16.1. The second-order valence-electron chi connectivity index (χ2n) is 16.1. The molecule has 1 atom stereocenters. The first-order chi connectivity index (χ1) is 21.8. The van der Waals surface area contributed by atoms with E-state index in [1.54, 1.807) is 0 Å². The van der Waals surface area contributed by atoms with Gasteiger partial charge in [0.15, 0.2) is 0 Å². The lowest BCUT2D eigenvalue weighted by atomic mass is 9.70. The van der Waals surface area contributed by atoms with Crippen LogP contribution < -0.4 is 5.46 Å². The van der Waals surface area contributed by atoms with Gasteiger partial charge in [0.05, 0.1) is 29.1 Å². The van der Waals surface area contributed by atoms with E-state index in [1.807, 2.05) is 31.9 Å². The monoisotopic (exact) mass is 623 g/mol. The Morgan fingerprint density at radius 1 is 0.935 bits per heavy atom. The zero-order chi connectivity index (χ0) is 32.5. The molecule has 7 nitrogen and oxygen atoms in total. The molecule has 3 aromatic rings. The van der Waals surface area contributed by atoms with Crippen LogP contribution in [0.1, 0.15) is 123 Å². The fraction of sp³-hybridized carbons (Fsp3) is 0.579. The van der Waals surface area contributed by atoms with Gasteiger partial charge in [-0.2, -0.15) is 0 Å². The number of benzene rings is 2. The van der Waals surface area contributed by atoms with Crippen molar-refractivity contribution in [2.45, 2.75) is 135 Å². The fourth-order valence-electron chi connectivity index (χ4n) is 8.25. The number of imidazole rings is 1. The lowest BCUT2D eigenvalue weighted by Crippen LogP contribution is -2.42. The van der Waals surface area contributed by atoms with Crippen LogP contribution in [0, 0.1) is 0 Å². The summed E-state index contributed by atoms with van der Waals surface area (Å²) < 4.78 is 18.9. The summed E-state index contributed by atoms with van der Waals surface area (Å²) in [5.74, 6) is 0.823. The van der Waals surface area contributed by atoms with Gasteiger partial charge in [-0.15, -0.1) is 0 Å². The van der Waals surface area contributed by atoms with Gasteiger partial charge in [-0.3, -0.25) is 4.90 Å². The quantitative estimate of drug-likeness (QED) is 0.296. The zero-order valence-electron chi connectivity index (χ0n) is 28.8. The molecule has 4 aliphatic rings. The van der Waals surface area contributed by atoms with Gasteiger partial charge >= 0.3 is 13.2 Å². The van der Waals surface area contributed by atoms with Crippen molar-refractivity contribution in [2.24, 2.45) is 0 Å². The van der Waals surface area contributed by atoms with E-state index in [0.29, 0.717) is 6.54 Å². The Hall–Kier alpha value is -3.10. The summed E-state index contributed by atoms with van der Waals surface area (Å²) in [5.41, 5.74) is 7.84. The number of aromatic amines is 1. The molecule has 1 spiro atoms. The smallest absolute Gasteiger partial charge is 0.444 e. The van der Waals surface area contributed by atoms with Crippen molar-refractivity contribution in [1.82, 2.24) is 14.9 Å². The van der Waals surface area contributed by atoms with Crippen molar-refractivity contribution in [3.63, 3.8) is 0 Å². The summed E-state index contributed by atoms with van der Waals surface area (Å²) in [5, 5.41) is 0. The highest BCUT2D eigenvalue weighted by Gasteiger charge is 2.53. The topological polar surface area (TPSA) is 76.7 Å². The maximum absolute atomic E-state index is 13.0. The fourth-order valence-corrected chi connectivity index (χ4v) is 8.25. The van der Waals surface area contributed by atoms with E-state index in [-0.39, 0.29) is 35.9 Å². The van der Waals surface area contributed by atoms with Crippen LogP contribution in [0.4, 0.5) is 4.79 Å². The van der Waals surface area contributed by atoms with E-state index in [2.05, 4.69) is 69.1 Å². The van der Waals surface area contributed by atoms with Crippen molar-refractivity contribution in [1.29, 1.82) is 0 Å². The first-order valence-electron chi connectivity index (χ1n) is 17.4. The Kier molecular flexibility index (Phi) is 7.71. The number of nitrogens with one attached hydrogen (secondary N) is 1. The molecule has 2 aromatic carbocycles. The standard InChI is InChI=1S/C38H50BN3O4/c1-35(2,3)44-34(43)42-23-11-8-12-31(42)33-40-24-30(41-33)26-15-13-25(14-16-26)27-17-18-29(39-45-36(4,5)37(6,7)46-39)28-19-22-38(32(27)28)20-9-10-21-38/h13-18,24,31H,8-12,19-23H2,1-7H3,(H,40,41)/t31-/m0/s1. The molecule has 244 valence electrons. The molecule has 0 radical (unpaired) electrons. The normalized spacial score (nSPS) is 23.2. The summed E-state index contributed by atoms with van der Waals surface area (Å²) in [6.07, 6.45) is 12.0. The van der Waals surface area contributed by atoms with Crippen molar-refractivity contribution in [3.05, 3.63) is 59.5 Å². The number of piperidine rings is 1. The molecule has 0 bridgehead atoms. The van der Waals surface area contributed by atoms with E-state index in [9.17, 15) is 4.79 Å². The molecule has 1 saturated carbocycles. The number of fused-ring (bicyclic) bond motifs is 2. The van der Waals surface area contributed by atoms with Gasteiger partial charge in [-0.05, 0) is 132 Å². The van der Waals surface area contributed by atoms with Crippen molar-refractivity contribution in [3.8, 4) is 22.4 Å². The minimum absolute atomic E-state index is 0.107. The molecule has 2 saturated heterocycles. The number of nitrogens with zero attached hydrogens (tertiary/aromatic N) is 2. The van der Waals surface area contributed by atoms with Crippen LogP contribution >= 0.6 is 0 Å². The first-order valence-corrected chi connectivity index (χ1v) is 17.4. The van der Waals surface area contributed by atoms with Gasteiger partial charge in [-0.25, -0.2) is 9.78 Å². The predicted molar refractivity (Wildman–Crippen MR) is 183 cm³/mol. The minimum Gasteiger partial charge on any atom is -0.444 e. The highest BCUT2D eigenvalue weighted by Crippen LogP contribution is 2.53. The van der Waals surface area contributed by atoms with Gasteiger partial charge < -0.3 is 19.0 Å². The largest absolute Gasteiger partial charge is 0.495 e. The molecule has 1 amide bonds. The predicted octanol–water partition coefficient (Wildman–Crippen LogP) is 8.26. The van der Waals surface area contributed by atoms with Gasteiger partial charge in [0.1, 0.15) is 11.4 Å². The molecule has 46 heavy (non-hydrogen) atoms. The first kappa shape index (κ1) is 31.5. The van der Waals surface area contributed by atoms with E-state index in [4.69, 9.17) is 19.0 Å². The van der Waals surface area contributed by atoms with E-state index < -0.39 is 5.60 Å². The Bertz CT molecular complexity index is 1600.